The van der Waals surface area contributed by atoms with Crippen LogP contribution in [0.3, 0.4) is 0 Å². The van der Waals surface area contributed by atoms with Crippen LogP contribution in [0.2, 0.25) is 0 Å². The van der Waals surface area contributed by atoms with Crippen LogP contribution >= 0.6 is 0 Å². The van der Waals surface area contributed by atoms with Gasteiger partial charge in [0.25, 0.3) is 5.56 Å². The largest absolute Gasteiger partial charge is 0.507 e. The van der Waals surface area contributed by atoms with Crippen molar-refractivity contribution < 1.29 is 13.9 Å². The van der Waals surface area contributed by atoms with Crippen molar-refractivity contribution in [1.82, 2.24) is 9.78 Å². The van der Waals surface area contributed by atoms with E-state index in [1.807, 2.05) is 30.3 Å². The van der Waals surface area contributed by atoms with E-state index in [1.54, 1.807) is 31.2 Å². The highest BCUT2D eigenvalue weighted by Crippen LogP contribution is 2.32. The second-order valence-electron chi connectivity index (χ2n) is 7.97. The maximum atomic E-state index is 13.7. The topological polar surface area (TPSA) is 55.1 Å². The van der Waals surface area contributed by atoms with Crippen molar-refractivity contribution in [3.05, 3.63) is 117 Å². The third kappa shape index (κ3) is 5.00. The lowest BCUT2D eigenvalue weighted by molar-refractivity contribution is 0.477. The molecule has 0 aliphatic carbocycles. The zero-order valence-electron chi connectivity index (χ0n) is 18.3. The summed E-state index contributed by atoms with van der Waals surface area (Å²) in [5.41, 5.74) is 3.63. The van der Waals surface area contributed by atoms with Gasteiger partial charge < -0.3 is 5.11 Å². The van der Waals surface area contributed by atoms with E-state index in [0.29, 0.717) is 53.8 Å². The molecule has 0 amide bonds. The molecule has 0 aliphatic heterocycles. The van der Waals surface area contributed by atoms with Gasteiger partial charge in [-0.2, -0.15) is 5.10 Å². The third-order valence-electron chi connectivity index (χ3n) is 5.70. The lowest BCUT2D eigenvalue weighted by atomic mass is 9.94. The molecule has 33 heavy (non-hydrogen) atoms. The first kappa shape index (κ1) is 22.4. The van der Waals surface area contributed by atoms with Crippen LogP contribution in [0.25, 0.3) is 11.1 Å². The van der Waals surface area contributed by atoms with Gasteiger partial charge >= 0.3 is 0 Å². The van der Waals surface area contributed by atoms with Crippen LogP contribution in [-0.2, 0) is 25.8 Å². The van der Waals surface area contributed by atoms with Crippen molar-refractivity contribution in [3.8, 4) is 16.9 Å². The summed E-state index contributed by atoms with van der Waals surface area (Å²) in [6, 6.07) is 20.4. The van der Waals surface area contributed by atoms with Crippen molar-refractivity contribution in [1.29, 1.82) is 0 Å². The van der Waals surface area contributed by atoms with Gasteiger partial charge in [0.1, 0.15) is 5.75 Å². The molecule has 0 fully saturated rings. The summed E-state index contributed by atoms with van der Waals surface area (Å²) >= 11 is 0. The minimum atomic E-state index is -0.917. The number of hydrogen-bond acceptors (Lipinski definition) is 3. The van der Waals surface area contributed by atoms with E-state index in [-0.39, 0.29) is 11.3 Å². The Morgan fingerprint density at radius 1 is 0.848 bits per heavy atom. The van der Waals surface area contributed by atoms with Crippen LogP contribution in [0.5, 0.6) is 5.75 Å². The van der Waals surface area contributed by atoms with Crippen LogP contribution in [0.1, 0.15) is 22.4 Å². The summed E-state index contributed by atoms with van der Waals surface area (Å²) in [6.07, 6.45) is 1.28. The van der Waals surface area contributed by atoms with E-state index < -0.39 is 11.6 Å². The molecule has 4 rings (SSSR count). The first-order chi connectivity index (χ1) is 15.9. The number of halogens is 2. The molecule has 0 spiro atoms. The molecule has 6 heteroatoms. The van der Waals surface area contributed by atoms with E-state index in [2.05, 4.69) is 5.10 Å². The quantitative estimate of drug-likeness (QED) is 0.423. The highest BCUT2D eigenvalue weighted by atomic mass is 19.2. The standard InChI is InChI=1S/C27H24F2N2O2/c1-18-26(21-9-5-6-10-25(21)32)22(13-11-20-12-14-23(28)24(29)17-20)27(33)31(30-18)16-15-19-7-3-2-4-8-19/h2-10,12,14,17,32H,11,13,15-16H2,1H3. The van der Waals surface area contributed by atoms with Crippen LogP contribution in [0, 0.1) is 18.6 Å². The summed E-state index contributed by atoms with van der Waals surface area (Å²) in [7, 11) is 0. The summed E-state index contributed by atoms with van der Waals surface area (Å²) in [5.74, 6) is -1.77. The summed E-state index contributed by atoms with van der Waals surface area (Å²) in [5, 5.41) is 15.0. The zero-order chi connectivity index (χ0) is 23.4. The molecule has 0 saturated heterocycles. The van der Waals surface area contributed by atoms with Gasteiger partial charge in [0.05, 0.1) is 5.69 Å². The van der Waals surface area contributed by atoms with E-state index in [1.165, 1.54) is 10.7 Å². The van der Waals surface area contributed by atoms with E-state index in [4.69, 9.17) is 0 Å². The third-order valence-corrected chi connectivity index (χ3v) is 5.70. The number of nitrogens with zero attached hydrogens (tertiary/aromatic N) is 2. The highest BCUT2D eigenvalue weighted by molar-refractivity contribution is 5.74. The fraction of sp³-hybridized carbons (Fsp3) is 0.185. The molecule has 0 unspecified atom stereocenters. The molecule has 4 nitrogen and oxygen atoms in total. The van der Waals surface area contributed by atoms with Gasteiger partial charge in [0, 0.05) is 23.2 Å². The number of benzene rings is 3. The lowest BCUT2D eigenvalue weighted by Gasteiger charge is -2.16. The molecule has 0 bridgehead atoms. The Hall–Kier alpha value is -3.80. The van der Waals surface area contributed by atoms with Crippen molar-refractivity contribution in [2.75, 3.05) is 0 Å². The lowest BCUT2D eigenvalue weighted by Crippen LogP contribution is -2.29. The highest BCUT2D eigenvalue weighted by Gasteiger charge is 2.19. The van der Waals surface area contributed by atoms with Gasteiger partial charge in [-0.3, -0.25) is 4.79 Å². The fourth-order valence-electron chi connectivity index (χ4n) is 4.03. The van der Waals surface area contributed by atoms with Crippen molar-refractivity contribution >= 4 is 0 Å². The van der Waals surface area contributed by atoms with Gasteiger partial charge in [-0.25, -0.2) is 13.5 Å². The summed E-state index contributed by atoms with van der Waals surface area (Å²) in [6.45, 7) is 2.21. The molecule has 168 valence electrons. The van der Waals surface area contributed by atoms with Crippen molar-refractivity contribution in [2.24, 2.45) is 0 Å². The molecule has 0 atom stereocenters. The predicted molar refractivity (Wildman–Crippen MR) is 124 cm³/mol. The average Bonchev–Trinajstić information content (AvgIpc) is 2.82. The van der Waals surface area contributed by atoms with Crippen molar-refractivity contribution in [3.63, 3.8) is 0 Å². The van der Waals surface area contributed by atoms with Gasteiger partial charge in [-0.05, 0) is 55.5 Å². The monoisotopic (exact) mass is 446 g/mol. The Morgan fingerprint density at radius 2 is 1.58 bits per heavy atom. The molecular formula is C27H24F2N2O2. The van der Waals surface area contributed by atoms with Gasteiger partial charge in [0.15, 0.2) is 11.6 Å². The Balaban J connectivity index is 1.74. The average molecular weight is 446 g/mol. The second kappa shape index (κ2) is 9.77. The number of hydrogen-bond donors (Lipinski definition) is 1. The maximum absolute atomic E-state index is 13.7. The molecule has 1 N–H and O–H groups in total. The summed E-state index contributed by atoms with van der Waals surface area (Å²) < 4.78 is 28.5. The Labute approximate surface area is 190 Å². The minimum absolute atomic E-state index is 0.0536. The number of para-hydroxylation sites is 1. The smallest absolute Gasteiger partial charge is 0.270 e. The maximum Gasteiger partial charge on any atom is 0.270 e. The number of rotatable bonds is 7. The number of aromatic nitrogens is 2. The predicted octanol–water partition coefficient (Wildman–Crippen LogP) is 5.23. The molecule has 1 heterocycles. The van der Waals surface area contributed by atoms with Crippen LogP contribution < -0.4 is 5.56 Å². The second-order valence-corrected chi connectivity index (χ2v) is 7.97. The van der Waals surface area contributed by atoms with Crippen LogP contribution in [0.15, 0.2) is 77.6 Å². The molecule has 3 aromatic carbocycles. The minimum Gasteiger partial charge on any atom is -0.507 e. The summed E-state index contributed by atoms with van der Waals surface area (Å²) in [4.78, 5) is 13.5. The Morgan fingerprint density at radius 3 is 2.30 bits per heavy atom. The normalized spacial score (nSPS) is 11.0. The number of aryl methyl sites for hydroxylation is 4. The SMILES string of the molecule is Cc1nn(CCc2ccccc2)c(=O)c(CCc2ccc(F)c(F)c2)c1-c1ccccc1O. The van der Waals surface area contributed by atoms with Crippen LogP contribution in [-0.4, -0.2) is 14.9 Å². The molecule has 0 radical (unpaired) electrons. The molecule has 0 saturated carbocycles. The first-order valence-electron chi connectivity index (χ1n) is 10.8. The van der Waals surface area contributed by atoms with Gasteiger partial charge in [-0.1, -0.05) is 54.6 Å². The zero-order valence-corrected chi connectivity index (χ0v) is 18.3. The van der Waals surface area contributed by atoms with E-state index >= 15 is 0 Å². The molecule has 4 aromatic rings. The molecular weight excluding hydrogens is 422 g/mol. The Kier molecular flexibility index (Phi) is 6.63. The fourth-order valence-corrected chi connectivity index (χ4v) is 4.03. The van der Waals surface area contributed by atoms with Gasteiger partial charge in [-0.15, -0.1) is 0 Å². The Bertz CT molecular complexity index is 1330. The van der Waals surface area contributed by atoms with Crippen molar-refractivity contribution in [2.45, 2.75) is 32.7 Å². The van der Waals surface area contributed by atoms with E-state index in [9.17, 15) is 18.7 Å². The molecule has 1 aromatic heterocycles. The number of phenols is 1. The first-order valence-corrected chi connectivity index (χ1v) is 10.8. The van der Waals surface area contributed by atoms with Gasteiger partial charge in [0.2, 0.25) is 0 Å². The number of aromatic hydroxyl groups is 1. The van der Waals surface area contributed by atoms with Crippen LogP contribution in [0.4, 0.5) is 8.78 Å². The molecule has 0 aliphatic rings. The van der Waals surface area contributed by atoms with E-state index in [0.717, 1.165) is 17.7 Å². The number of phenolic OH excluding ortho intramolecular Hbond substituents is 1.